The molecule has 1 aliphatic heterocycles. The molecule has 0 unspecified atom stereocenters. The summed E-state index contributed by atoms with van der Waals surface area (Å²) >= 11 is 0. The van der Waals surface area contributed by atoms with Crippen LogP contribution in [0.25, 0.3) is 0 Å². The third kappa shape index (κ3) is 4.30. The minimum Gasteiger partial charge on any atom is -0.293 e. The van der Waals surface area contributed by atoms with Gasteiger partial charge in [0.05, 0.1) is 0 Å². The Morgan fingerprint density at radius 2 is 2.10 bits per heavy atom. The van der Waals surface area contributed by atoms with E-state index in [1.165, 1.54) is 18.4 Å². The van der Waals surface area contributed by atoms with Crippen molar-refractivity contribution in [2.24, 2.45) is 4.99 Å². The van der Waals surface area contributed by atoms with E-state index in [-0.39, 0.29) is 0 Å². The molecule has 58 valence electrons. The summed E-state index contributed by atoms with van der Waals surface area (Å²) in [6.07, 6.45) is 6.60. The van der Waals surface area contributed by atoms with Crippen LogP contribution >= 0.6 is 0 Å². The molecule has 0 aromatic rings. The molecule has 1 rings (SSSR count). The van der Waals surface area contributed by atoms with Gasteiger partial charge in [0.1, 0.15) is 0 Å². The van der Waals surface area contributed by atoms with Crippen LogP contribution in [0.5, 0.6) is 0 Å². The Hall–Kier alpha value is -0.590. The zero-order chi connectivity index (χ0) is 7.82. The van der Waals surface area contributed by atoms with Gasteiger partial charge in [-0.2, -0.15) is 0 Å². The first kappa shape index (κ1) is 9.41. The second-order valence-electron chi connectivity index (χ2n) is 2.13. The highest BCUT2D eigenvalue weighted by atomic mass is 14.7. The van der Waals surface area contributed by atoms with E-state index >= 15 is 0 Å². The molecule has 0 aromatic heterocycles. The van der Waals surface area contributed by atoms with Gasteiger partial charge in [-0.1, -0.05) is 19.9 Å². The lowest BCUT2D eigenvalue weighted by Crippen LogP contribution is -1.74. The molecule has 0 saturated heterocycles. The third-order valence-corrected chi connectivity index (χ3v) is 1.25. The van der Waals surface area contributed by atoms with E-state index in [1.54, 1.807) is 0 Å². The first-order valence-electron chi connectivity index (χ1n) is 4.06. The molecule has 1 heterocycles. The standard InChI is InChI=1S/C7H11N.C2H6/c1-7-4-2-3-5-8-6-7;1-2/h4,6H,2-3,5H2,1H3;1-2H3. The SMILES string of the molecule is CC.CC1=CCCCN=C1. The van der Waals surface area contributed by atoms with Gasteiger partial charge >= 0.3 is 0 Å². The molecule has 1 aliphatic rings. The Balaban J connectivity index is 0.000000371. The minimum absolute atomic E-state index is 1.01. The van der Waals surface area contributed by atoms with Crippen LogP contribution in [0, 0.1) is 0 Å². The van der Waals surface area contributed by atoms with Crippen molar-refractivity contribution in [1.82, 2.24) is 0 Å². The molecule has 0 bridgehead atoms. The minimum atomic E-state index is 1.01. The van der Waals surface area contributed by atoms with Crippen LogP contribution in [-0.2, 0) is 0 Å². The lowest BCUT2D eigenvalue weighted by Gasteiger charge is -1.82. The van der Waals surface area contributed by atoms with Crippen molar-refractivity contribution in [3.63, 3.8) is 0 Å². The Labute approximate surface area is 63.9 Å². The molecule has 0 aliphatic carbocycles. The highest BCUT2D eigenvalue weighted by Gasteiger charge is 1.88. The largest absolute Gasteiger partial charge is 0.293 e. The number of hydrogen-bond acceptors (Lipinski definition) is 1. The van der Waals surface area contributed by atoms with Crippen LogP contribution < -0.4 is 0 Å². The molecule has 0 atom stereocenters. The van der Waals surface area contributed by atoms with Crippen molar-refractivity contribution in [3.8, 4) is 0 Å². The smallest absolute Gasteiger partial charge is 0.0392 e. The summed E-state index contributed by atoms with van der Waals surface area (Å²) in [5.41, 5.74) is 1.31. The molecule has 1 nitrogen and oxygen atoms in total. The number of hydrogen-bond donors (Lipinski definition) is 0. The van der Waals surface area contributed by atoms with Gasteiger partial charge in [0.15, 0.2) is 0 Å². The van der Waals surface area contributed by atoms with E-state index in [4.69, 9.17) is 0 Å². The number of nitrogens with zero attached hydrogens (tertiary/aromatic N) is 1. The molecule has 0 spiro atoms. The molecule has 0 saturated carbocycles. The zero-order valence-electron chi connectivity index (χ0n) is 7.22. The van der Waals surface area contributed by atoms with Crippen LogP contribution in [-0.4, -0.2) is 12.8 Å². The van der Waals surface area contributed by atoms with Crippen molar-refractivity contribution < 1.29 is 0 Å². The van der Waals surface area contributed by atoms with E-state index in [0.29, 0.717) is 0 Å². The molecule has 0 fully saturated rings. The van der Waals surface area contributed by atoms with E-state index < -0.39 is 0 Å². The Kier molecular flexibility index (Phi) is 6.14. The van der Waals surface area contributed by atoms with E-state index in [1.807, 2.05) is 20.1 Å². The molecular formula is C9H17N. The predicted octanol–water partition coefficient (Wildman–Crippen LogP) is 2.82. The van der Waals surface area contributed by atoms with Crippen LogP contribution in [0.4, 0.5) is 0 Å². The van der Waals surface area contributed by atoms with Crippen LogP contribution in [0.1, 0.15) is 33.6 Å². The second-order valence-corrected chi connectivity index (χ2v) is 2.13. The van der Waals surface area contributed by atoms with Gasteiger partial charge in [-0.15, -0.1) is 0 Å². The van der Waals surface area contributed by atoms with Gasteiger partial charge in [0.2, 0.25) is 0 Å². The summed E-state index contributed by atoms with van der Waals surface area (Å²) in [4.78, 5) is 4.16. The van der Waals surface area contributed by atoms with Crippen molar-refractivity contribution in [3.05, 3.63) is 11.6 Å². The fraction of sp³-hybridized carbons (Fsp3) is 0.667. The van der Waals surface area contributed by atoms with Crippen molar-refractivity contribution in [2.75, 3.05) is 6.54 Å². The summed E-state index contributed by atoms with van der Waals surface area (Å²) in [6, 6.07) is 0. The average Bonchev–Trinajstić information content (AvgIpc) is 2.21. The Morgan fingerprint density at radius 3 is 2.80 bits per heavy atom. The average molecular weight is 139 g/mol. The summed E-state index contributed by atoms with van der Waals surface area (Å²) in [7, 11) is 0. The maximum atomic E-state index is 4.16. The van der Waals surface area contributed by atoms with Gasteiger partial charge in [0.25, 0.3) is 0 Å². The van der Waals surface area contributed by atoms with E-state index in [9.17, 15) is 0 Å². The van der Waals surface area contributed by atoms with Crippen molar-refractivity contribution >= 4 is 6.21 Å². The lowest BCUT2D eigenvalue weighted by atomic mass is 10.2. The Bertz CT molecular complexity index is 123. The van der Waals surface area contributed by atoms with Crippen molar-refractivity contribution in [2.45, 2.75) is 33.6 Å². The highest BCUT2D eigenvalue weighted by Crippen LogP contribution is 2.00. The van der Waals surface area contributed by atoms with E-state index in [0.717, 1.165) is 6.54 Å². The molecule has 0 aromatic carbocycles. The monoisotopic (exact) mass is 139 g/mol. The van der Waals surface area contributed by atoms with Gasteiger partial charge in [-0.25, -0.2) is 0 Å². The molecule has 0 amide bonds. The topological polar surface area (TPSA) is 12.4 Å². The number of rotatable bonds is 0. The van der Waals surface area contributed by atoms with Crippen LogP contribution in [0.3, 0.4) is 0 Å². The zero-order valence-corrected chi connectivity index (χ0v) is 7.22. The summed E-state index contributed by atoms with van der Waals surface area (Å²) in [6.45, 7) is 7.10. The number of aliphatic imine (C=N–C) groups is 1. The maximum absolute atomic E-state index is 4.16. The second kappa shape index (κ2) is 6.53. The third-order valence-electron chi connectivity index (χ3n) is 1.25. The summed E-state index contributed by atoms with van der Waals surface area (Å²) < 4.78 is 0. The molecule has 0 radical (unpaired) electrons. The first-order chi connectivity index (χ1) is 4.89. The first-order valence-corrected chi connectivity index (χ1v) is 4.06. The Morgan fingerprint density at radius 1 is 1.40 bits per heavy atom. The van der Waals surface area contributed by atoms with E-state index in [2.05, 4.69) is 18.0 Å². The number of allylic oxidation sites excluding steroid dienone is 2. The highest BCUT2D eigenvalue weighted by molar-refractivity contribution is 5.77. The van der Waals surface area contributed by atoms with Crippen LogP contribution in [0.15, 0.2) is 16.6 Å². The molecule has 10 heavy (non-hydrogen) atoms. The van der Waals surface area contributed by atoms with Gasteiger partial charge in [-0.05, 0) is 25.3 Å². The van der Waals surface area contributed by atoms with Gasteiger partial charge in [0, 0.05) is 12.8 Å². The normalized spacial score (nSPS) is 16.5. The summed E-state index contributed by atoms with van der Waals surface area (Å²) in [5, 5.41) is 0. The maximum Gasteiger partial charge on any atom is 0.0392 e. The van der Waals surface area contributed by atoms with Gasteiger partial charge < -0.3 is 0 Å². The predicted molar refractivity (Wildman–Crippen MR) is 47.7 cm³/mol. The molecular weight excluding hydrogens is 122 g/mol. The quantitative estimate of drug-likeness (QED) is 0.489. The lowest BCUT2D eigenvalue weighted by molar-refractivity contribution is 0.865. The van der Waals surface area contributed by atoms with Crippen LogP contribution in [0.2, 0.25) is 0 Å². The van der Waals surface area contributed by atoms with Crippen molar-refractivity contribution in [1.29, 1.82) is 0 Å². The summed E-state index contributed by atoms with van der Waals surface area (Å²) in [5.74, 6) is 0. The van der Waals surface area contributed by atoms with Gasteiger partial charge in [-0.3, -0.25) is 4.99 Å². The fourth-order valence-electron chi connectivity index (χ4n) is 0.774. The molecule has 1 heteroatoms. The fourth-order valence-corrected chi connectivity index (χ4v) is 0.774. The molecule has 0 N–H and O–H groups in total.